The Balaban J connectivity index is 1.74. The minimum absolute atomic E-state index is 0.696. The van der Waals surface area contributed by atoms with E-state index in [4.69, 9.17) is 0 Å². The molecule has 5 heteroatoms. The first-order valence-electron chi connectivity index (χ1n) is 6.04. The number of rotatable bonds is 3. The van der Waals surface area contributed by atoms with Crippen molar-refractivity contribution in [2.45, 2.75) is 19.8 Å². The summed E-state index contributed by atoms with van der Waals surface area (Å²) in [5, 5.41) is 3.35. The largest absolute Gasteiger partial charge is 0.364 e. The summed E-state index contributed by atoms with van der Waals surface area (Å²) < 4.78 is 0. The van der Waals surface area contributed by atoms with Crippen LogP contribution in [-0.4, -0.2) is 26.5 Å². The fourth-order valence-corrected chi connectivity index (χ4v) is 2.16. The number of aromatic amines is 1. The predicted octanol–water partition coefficient (Wildman–Crippen LogP) is 2.43. The summed E-state index contributed by atoms with van der Waals surface area (Å²) in [6.07, 6.45) is 9.78. The van der Waals surface area contributed by atoms with Crippen LogP contribution >= 0.6 is 0 Å². The zero-order valence-electron chi connectivity index (χ0n) is 10.3. The number of fused-ring (bicyclic) bond motifs is 1. The molecule has 0 atom stereocenters. The molecule has 2 aromatic rings. The molecule has 3 rings (SSSR count). The Kier molecular flexibility index (Phi) is 2.80. The maximum Gasteiger partial charge on any atom is 0.182 e. The van der Waals surface area contributed by atoms with E-state index in [-0.39, 0.29) is 0 Å². The van der Waals surface area contributed by atoms with Crippen molar-refractivity contribution >= 4 is 17.0 Å². The lowest BCUT2D eigenvalue weighted by Crippen LogP contribution is -2.08. The molecule has 0 amide bonds. The molecule has 0 aliphatic heterocycles. The molecule has 0 spiro atoms. The number of imidazole rings is 1. The number of hydrogen-bond donors (Lipinski definition) is 2. The molecule has 0 unspecified atom stereocenters. The van der Waals surface area contributed by atoms with Crippen molar-refractivity contribution in [2.75, 3.05) is 11.9 Å². The normalized spacial score (nSPS) is 15.4. The van der Waals surface area contributed by atoms with Gasteiger partial charge in [-0.2, -0.15) is 0 Å². The van der Waals surface area contributed by atoms with E-state index in [1.807, 2.05) is 0 Å². The van der Waals surface area contributed by atoms with Crippen molar-refractivity contribution in [3.8, 4) is 0 Å². The average molecular weight is 241 g/mol. The first-order chi connectivity index (χ1) is 8.83. The van der Waals surface area contributed by atoms with Gasteiger partial charge in [0.1, 0.15) is 11.8 Å². The second-order valence-corrected chi connectivity index (χ2v) is 4.50. The lowest BCUT2D eigenvalue weighted by atomic mass is 9.99. The van der Waals surface area contributed by atoms with Crippen molar-refractivity contribution in [1.29, 1.82) is 0 Å². The summed E-state index contributed by atoms with van der Waals surface area (Å²) in [5.41, 5.74) is 4.40. The Hall–Kier alpha value is -2.17. The quantitative estimate of drug-likeness (QED) is 0.810. The molecule has 2 heterocycles. The molecule has 0 aromatic carbocycles. The third-order valence-corrected chi connectivity index (χ3v) is 3.08. The SMILES string of the molecule is CC1=CCC=C(CNc2ncnc3nc[nH]c23)C1. The van der Waals surface area contributed by atoms with Gasteiger partial charge in [-0.05, 0) is 19.8 Å². The van der Waals surface area contributed by atoms with Crippen LogP contribution in [-0.2, 0) is 0 Å². The average Bonchev–Trinajstić information content (AvgIpc) is 2.85. The second kappa shape index (κ2) is 4.60. The number of aromatic nitrogens is 4. The number of nitrogens with one attached hydrogen (secondary N) is 2. The van der Waals surface area contributed by atoms with Gasteiger partial charge in [0.15, 0.2) is 11.5 Å². The summed E-state index contributed by atoms with van der Waals surface area (Å²) in [7, 11) is 0. The van der Waals surface area contributed by atoms with Crippen LogP contribution in [0.2, 0.25) is 0 Å². The van der Waals surface area contributed by atoms with E-state index >= 15 is 0 Å². The van der Waals surface area contributed by atoms with E-state index in [0.717, 1.165) is 30.7 Å². The van der Waals surface area contributed by atoms with Gasteiger partial charge in [-0.25, -0.2) is 15.0 Å². The second-order valence-electron chi connectivity index (χ2n) is 4.50. The van der Waals surface area contributed by atoms with Crippen molar-refractivity contribution in [3.05, 3.63) is 36.0 Å². The van der Waals surface area contributed by atoms with Crippen molar-refractivity contribution in [1.82, 2.24) is 19.9 Å². The maximum atomic E-state index is 4.25. The van der Waals surface area contributed by atoms with Gasteiger partial charge in [-0.1, -0.05) is 23.3 Å². The van der Waals surface area contributed by atoms with Crippen molar-refractivity contribution in [3.63, 3.8) is 0 Å². The number of H-pyrrole nitrogens is 1. The summed E-state index contributed by atoms with van der Waals surface area (Å²) in [5.74, 6) is 0.811. The van der Waals surface area contributed by atoms with Crippen LogP contribution in [0.4, 0.5) is 5.82 Å². The molecule has 0 fully saturated rings. The summed E-state index contributed by atoms with van der Waals surface area (Å²) in [4.78, 5) is 15.5. The molecule has 0 saturated heterocycles. The van der Waals surface area contributed by atoms with E-state index in [2.05, 4.69) is 44.3 Å². The van der Waals surface area contributed by atoms with E-state index in [9.17, 15) is 0 Å². The third-order valence-electron chi connectivity index (χ3n) is 3.08. The molecule has 1 aliphatic carbocycles. The van der Waals surface area contributed by atoms with Crippen LogP contribution in [0.25, 0.3) is 11.2 Å². The maximum absolute atomic E-state index is 4.25. The van der Waals surface area contributed by atoms with Gasteiger partial charge in [0.05, 0.1) is 6.33 Å². The van der Waals surface area contributed by atoms with Gasteiger partial charge < -0.3 is 10.3 Å². The van der Waals surface area contributed by atoms with Crippen LogP contribution < -0.4 is 5.32 Å². The summed E-state index contributed by atoms with van der Waals surface area (Å²) >= 11 is 0. The molecular formula is C13H15N5. The van der Waals surface area contributed by atoms with E-state index < -0.39 is 0 Å². The topological polar surface area (TPSA) is 66.5 Å². The number of allylic oxidation sites excluding steroid dienone is 3. The fourth-order valence-electron chi connectivity index (χ4n) is 2.16. The van der Waals surface area contributed by atoms with Gasteiger partial charge in [0.2, 0.25) is 0 Å². The van der Waals surface area contributed by atoms with Crippen LogP contribution in [0.5, 0.6) is 0 Å². The Bertz CT molecular complexity index is 623. The van der Waals surface area contributed by atoms with Crippen LogP contribution in [0.15, 0.2) is 36.0 Å². The third kappa shape index (κ3) is 2.11. The molecule has 2 N–H and O–H groups in total. The highest BCUT2D eigenvalue weighted by Gasteiger charge is 2.07. The Morgan fingerprint density at radius 1 is 1.28 bits per heavy atom. The van der Waals surface area contributed by atoms with Crippen LogP contribution in [0.1, 0.15) is 19.8 Å². The lowest BCUT2D eigenvalue weighted by Gasteiger charge is -2.13. The first kappa shape index (κ1) is 11.0. The molecule has 0 saturated carbocycles. The number of anilines is 1. The minimum Gasteiger partial charge on any atom is -0.364 e. The minimum atomic E-state index is 0.696. The Morgan fingerprint density at radius 2 is 2.22 bits per heavy atom. The standard InChI is InChI=1S/C13H15N5/c1-9-3-2-4-10(5-9)6-14-12-11-13(16-7-15-11)18-8-17-12/h3-4,7-8H,2,5-6H2,1H3,(H2,14,15,16,17,18). The number of nitrogens with zero attached hydrogens (tertiary/aromatic N) is 3. The molecule has 92 valence electrons. The Morgan fingerprint density at radius 3 is 3.11 bits per heavy atom. The molecular weight excluding hydrogens is 226 g/mol. The van der Waals surface area contributed by atoms with E-state index in [1.54, 1.807) is 6.33 Å². The first-order valence-corrected chi connectivity index (χ1v) is 6.04. The highest BCUT2D eigenvalue weighted by atomic mass is 15.1. The molecule has 1 aliphatic rings. The summed E-state index contributed by atoms with van der Waals surface area (Å²) in [6.45, 7) is 2.99. The van der Waals surface area contributed by atoms with E-state index in [1.165, 1.54) is 17.5 Å². The van der Waals surface area contributed by atoms with Gasteiger partial charge in [-0.3, -0.25) is 0 Å². The van der Waals surface area contributed by atoms with Crippen molar-refractivity contribution < 1.29 is 0 Å². The summed E-state index contributed by atoms with van der Waals surface area (Å²) in [6, 6.07) is 0. The smallest absolute Gasteiger partial charge is 0.182 e. The molecule has 2 aromatic heterocycles. The zero-order chi connectivity index (χ0) is 12.4. The zero-order valence-corrected chi connectivity index (χ0v) is 10.3. The molecule has 5 nitrogen and oxygen atoms in total. The monoisotopic (exact) mass is 241 g/mol. The Labute approximate surface area is 105 Å². The molecule has 0 bridgehead atoms. The molecule has 0 radical (unpaired) electrons. The molecule has 18 heavy (non-hydrogen) atoms. The highest BCUT2D eigenvalue weighted by molar-refractivity contribution is 5.81. The van der Waals surface area contributed by atoms with Crippen LogP contribution in [0, 0.1) is 0 Å². The van der Waals surface area contributed by atoms with Crippen molar-refractivity contribution in [2.24, 2.45) is 0 Å². The predicted molar refractivity (Wildman–Crippen MR) is 71.2 cm³/mol. The van der Waals surface area contributed by atoms with Gasteiger partial charge in [0, 0.05) is 6.54 Å². The lowest BCUT2D eigenvalue weighted by molar-refractivity contribution is 0.987. The van der Waals surface area contributed by atoms with Gasteiger partial charge >= 0.3 is 0 Å². The van der Waals surface area contributed by atoms with Gasteiger partial charge in [0.25, 0.3) is 0 Å². The van der Waals surface area contributed by atoms with Gasteiger partial charge in [-0.15, -0.1) is 0 Å². The highest BCUT2D eigenvalue weighted by Crippen LogP contribution is 2.19. The van der Waals surface area contributed by atoms with Crippen LogP contribution in [0.3, 0.4) is 0 Å². The fraction of sp³-hybridized carbons (Fsp3) is 0.308. The number of hydrogen-bond acceptors (Lipinski definition) is 4. The van der Waals surface area contributed by atoms with E-state index in [0.29, 0.717) is 5.65 Å².